The molecule has 0 aliphatic heterocycles. The highest BCUT2D eigenvalue weighted by molar-refractivity contribution is 5.94. The average Bonchev–Trinajstić information content (AvgIpc) is 2.28. The van der Waals surface area contributed by atoms with Crippen LogP contribution in [0.5, 0.6) is 0 Å². The van der Waals surface area contributed by atoms with E-state index in [1.54, 1.807) is 6.07 Å². The normalized spacial score (nSPS) is 14.2. The van der Waals surface area contributed by atoms with Crippen molar-refractivity contribution in [3.05, 3.63) is 29.8 Å². The molecule has 88 valence electrons. The molecule has 0 radical (unpaired) electrons. The second-order valence-electron chi connectivity index (χ2n) is 3.99. The zero-order chi connectivity index (χ0) is 12.1. The lowest BCUT2D eigenvalue weighted by Crippen LogP contribution is -2.37. The monoisotopic (exact) mass is 224 g/mol. The fourth-order valence-electron chi connectivity index (χ4n) is 1.34. The fourth-order valence-corrected chi connectivity index (χ4v) is 1.34. The molecule has 0 aromatic carbocycles. The van der Waals surface area contributed by atoms with E-state index < -0.39 is 11.9 Å². The maximum absolute atomic E-state index is 13.2. The molecule has 1 aromatic rings. The van der Waals surface area contributed by atoms with E-state index in [0.29, 0.717) is 5.92 Å². The van der Waals surface area contributed by atoms with Crippen LogP contribution in [0, 0.1) is 11.9 Å². The summed E-state index contributed by atoms with van der Waals surface area (Å²) in [6, 6.07) is 3.00. The van der Waals surface area contributed by atoms with E-state index in [0.717, 1.165) is 6.42 Å². The van der Waals surface area contributed by atoms with Gasteiger partial charge < -0.3 is 5.32 Å². The molecular formula is C12H17FN2O. The largest absolute Gasteiger partial charge is 0.349 e. The van der Waals surface area contributed by atoms with Gasteiger partial charge in [0, 0.05) is 12.2 Å². The van der Waals surface area contributed by atoms with Gasteiger partial charge in [-0.05, 0) is 25.0 Å². The third-order valence-electron chi connectivity index (χ3n) is 2.86. The lowest BCUT2D eigenvalue weighted by Gasteiger charge is -2.19. The first kappa shape index (κ1) is 12.6. The number of amides is 1. The number of hydrogen-bond donors (Lipinski definition) is 1. The highest BCUT2D eigenvalue weighted by atomic mass is 19.1. The Hall–Kier alpha value is -1.45. The fraction of sp³-hybridized carbons (Fsp3) is 0.500. The molecule has 1 heterocycles. The van der Waals surface area contributed by atoms with Crippen LogP contribution in [-0.2, 0) is 0 Å². The molecule has 0 spiro atoms. The SMILES string of the molecule is CCC(C)C(C)NC(=O)c1cccnc1F. The Balaban J connectivity index is 2.70. The minimum Gasteiger partial charge on any atom is -0.349 e. The van der Waals surface area contributed by atoms with Crippen molar-refractivity contribution in [1.29, 1.82) is 0 Å². The van der Waals surface area contributed by atoms with Crippen LogP contribution in [0.15, 0.2) is 18.3 Å². The molecule has 2 atom stereocenters. The van der Waals surface area contributed by atoms with Crippen molar-refractivity contribution in [2.45, 2.75) is 33.2 Å². The van der Waals surface area contributed by atoms with E-state index in [-0.39, 0.29) is 11.6 Å². The van der Waals surface area contributed by atoms with E-state index in [1.165, 1.54) is 12.3 Å². The number of pyridine rings is 1. The Morgan fingerprint density at radius 2 is 2.25 bits per heavy atom. The van der Waals surface area contributed by atoms with Gasteiger partial charge in [0.2, 0.25) is 5.95 Å². The van der Waals surface area contributed by atoms with Crippen LogP contribution in [0.25, 0.3) is 0 Å². The van der Waals surface area contributed by atoms with Crippen molar-refractivity contribution >= 4 is 5.91 Å². The number of rotatable bonds is 4. The third-order valence-corrected chi connectivity index (χ3v) is 2.86. The van der Waals surface area contributed by atoms with Crippen LogP contribution in [0.2, 0.25) is 0 Å². The molecule has 0 saturated heterocycles. The summed E-state index contributed by atoms with van der Waals surface area (Å²) in [5, 5.41) is 2.77. The first-order valence-electron chi connectivity index (χ1n) is 5.47. The standard InChI is InChI=1S/C12H17FN2O/c1-4-8(2)9(3)15-12(16)10-6-5-7-14-11(10)13/h5-9H,4H2,1-3H3,(H,15,16). The molecule has 0 aliphatic carbocycles. The van der Waals surface area contributed by atoms with Crippen LogP contribution in [-0.4, -0.2) is 16.9 Å². The number of carbonyl (C=O) groups excluding carboxylic acids is 1. The van der Waals surface area contributed by atoms with Crippen molar-refractivity contribution < 1.29 is 9.18 Å². The van der Waals surface area contributed by atoms with Crippen LogP contribution < -0.4 is 5.32 Å². The Labute approximate surface area is 95.1 Å². The maximum atomic E-state index is 13.2. The number of nitrogens with one attached hydrogen (secondary N) is 1. The Kier molecular flexibility index (Phi) is 4.40. The minimum atomic E-state index is -0.726. The van der Waals surface area contributed by atoms with Gasteiger partial charge in [-0.2, -0.15) is 4.39 Å². The summed E-state index contributed by atoms with van der Waals surface area (Å²) in [7, 11) is 0. The zero-order valence-corrected chi connectivity index (χ0v) is 9.83. The molecule has 0 bridgehead atoms. The molecule has 1 aromatic heterocycles. The second kappa shape index (κ2) is 5.58. The summed E-state index contributed by atoms with van der Waals surface area (Å²) in [4.78, 5) is 15.2. The minimum absolute atomic E-state index is 0.00217. The van der Waals surface area contributed by atoms with E-state index in [1.807, 2.05) is 13.8 Å². The molecule has 0 saturated carbocycles. The van der Waals surface area contributed by atoms with Gasteiger partial charge in [-0.15, -0.1) is 0 Å². The number of halogens is 1. The summed E-state index contributed by atoms with van der Waals surface area (Å²) in [5.41, 5.74) is -0.00217. The van der Waals surface area contributed by atoms with Gasteiger partial charge in [0.1, 0.15) is 0 Å². The predicted molar refractivity (Wildman–Crippen MR) is 60.6 cm³/mol. The number of aromatic nitrogens is 1. The van der Waals surface area contributed by atoms with Crippen molar-refractivity contribution in [2.24, 2.45) is 5.92 Å². The van der Waals surface area contributed by atoms with Gasteiger partial charge >= 0.3 is 0 Å². The van der Waals surface area contributed by atoms with Crippen molar-refractivity contribution in [2.75, 3.05) is 0 Å². The van der Waals surface area contributed by atoms with E-state index >= 15 is 0 Å². The highest BCUT2D eigenvalue weighted by Crippen LogP contribution is 2.09. The van der Waals surface area contributed by atoms with Gasteiger partial charge in [-0.25, -0.2) is 4.98 Å². The number of hydrogen-bond acceptors (Lipinski definition) is 2. The van der Waals surface area contributed by atoms with Gasteiger partial charge in [0.05, 0.1) is 5.56 Å². The quantitative estimate of drug-likeness (QED) is 0.798. The molecule has 2 unspecified atom stereocenters. The first-order valence-corrected chi connectivity index (χ1v) is 5.47. The molecule has 0 fully saturated rings. The molecule has 3 nitrogen and oxygen atoms in total. The Bertz CT molecular complexity index is 368. The van der Waals surface area contributed by atoms with E-state index in [9.17, 15) is 9.18 Å². The summed E-state index contributed by atoms with van der Waals surface area (Å²) in [6.45, 7) is 6.02. The summed E-state index contributed by atoms with van der Waals surface area (Å²) < 4.78 is 13.2. The molecule has 1 N–H and O–H groups in total. The average molecular weight is 224 g/mol. The zero-order valence-electron chi connectivity index (χ0n) is 9.83. The van der Waals surface area contributed by atoms with Crippen molar-refractivity contribution in [3.8, 4) is 0 Å². The smallest absolute Gasteiger partial charge is 0.256 e. The third kappa shape index (κ3) is 3.02. The van der Waals surface area contributed by atoms with Crippen LogP contribution in [0.1, 0.15) is 37.6 Å². The van der Waals surface area contributed by atoms with Gasteiger partial charge in [-0.1, -0.05) is 20.3 Å². The van der Waals surface area contributed by atoms with Gasteiger partial charge in [-0.3, -0.25) is 4.79 Å². The topological polar surface area (TPSA) is 42.0 Å². The highest BCUT2D eigenvalue weighted by Gasteiger charge is 2.17. The summed E-state index contributed by atoms with van der Waals surface area (Å²) >= 11 is 0. The molecular weight excluding hydrogens is 207 g/mol. The van der Waals surface area contributed by atoms with Crippen LogP contribution in [0.4, 0.5) is 4.39 Å². The van der Waals surface area contributed by atoms with E-state index in [4.69, 9.17) is 0 Å². The predicted octanol–water partition coefficient (Wildman–Crippen LogP) is 2.39. The molecule has 1 rings (SSSR count). The molecule has 16 heavy (non-hydrogen) atoms. The lowest BCUT2D eigenvalue weighted by molar-refractivity contribution is 0.0923. The molecule has 0 aliphatic rings. The van der Waals surface area contributed by atoms with Crippen molar-refractivity contribution in [1.82, 2.24) is 10.3 Å². The maximum Gasteiger partial charge on any atom is 0.256 e. The van der Waals surface area contributed by atoms with Crippen LogP contribution in [0.3, 0.4) is 0 Å². The van der Waals surface area contributed by atoms with Crippen LogP contribution >= 0.6 is 0 Å². The van der Waals surface area contributed by atoms with Crippen molar-refractivity contribution in [3.63, 3.8) is 0 Å². The van der Waals surface area contributed by atoms with Gasteiger partial charge in [0.25, 0.3) is 5.91 Å². The second-order valence-corrected chi connectivity index (χ2v) is 3.99. The first-order chi connectivity index (χ1) is 7.56. The Morgan fingerprint density at radius 1 is 1.56 bits per heavy atom. The number of carbonyl (C=O) groups is 1. The van der Waals surface area contributed by atoms with Gasteiger partial charge in [0.15, 0.2) is 0 Å². The van der Waals surface area contributed by atoms with E-state index in [2.05, 4.69) is 17.2 Å². The number of nitrogens with zero attached hydrogens (tertiary/aromatic N) is 1. The molecule has 1 amide bonds. The molecule has 4 heteroatoms. The Morgan fingerprint density at radius 3 is 2.81 bits per heavy atom. The summed E-state index contributed by atoms with van der Waals surface area (Å²) in [6.07, 6.45) is 2.29. The lowest BCUT2D eigenvalue weighted by atomic mass is 10.0. The summed E-state index contributed by atoms with van der Waals surface area (Å²) in [5.74, 6) is -0.765.